The van der Waals surface area contributed by atoms with Crippen LogP contribution in [0, 0.1) is 0 Å². The van der Waals surface area contributed by atoms with Crippen molar-refractivity contribution >= 4 is 24.1 Å². The SMILES string of the molecule is CCOC(=O)c1cc(Cc2ccc(B3O[C@@H](C)C(C)(C)O3)cc2)c2cccn2n1. The van der Waals surface area contributed by atoms with Crippen LogP contribution >= 0.6 is 0 Å². The number of hydrogen-bond acceptors (Lipinski definition) is 5. The summed E-state index contributed by atoms with van der Waals surface area (Å²) >= 11 is 0. The number of carbonyl (C=O) groups is 1. The fourth-order valence-corrected chi connectivity index (χ4v) is 3.45. The van der Waals surface area contributed by atoms with Crippen molar-refractivity contribution in [2.45, 2.75) is 45.8 Å². The molecule has 0 amide bonds. The van der Waals surface area contributed by atoms with E-state index in [1.165, 1.54) is 0 Å². The highest BCUT2D eigenvalue weighted by atomic mass is 16.7. The van der Waals surface area contributed by atoms with Gasteiger partial charge in [0.15, 0.2) is 5.69 Å². The molecule has 0 spiro atoms. The van der Waals surface area contributed by atoms with Gasteiger partial charge in [-0.2, -0.15) is 5.10 Å². The third-order valence-corrected chi connectivity index (χ3v) is 5.43. The third-order valence-electron chi connectivity index (χ3n) is 5.43. The molecule has 6 nitrogen and oxygen atoms in total. The zero-order valence-corrected chi connectivity index (χ0v) is 17.2. The number of nitrogens with zero attached hydrogens (tertiary/aromatic N) is 2. The summed E-state index contributed by atoms with van der Waals surface area (Å²) in [6, 6.07) is 13.9. The van der Waals surface area contributed by atoms with Crippen molar-refractivity contribution in [2.24, 2.45) is 0 Å². The highest BCUT2D eigenvalue weighted by Gasteiger charge is 2.43. The van der Waals surface area contributed by atoms with Gasteiger partial charge in [0.25, 0.3) is 0 Å². The molecule has 0 radical (unpaired) electrons. The molecule has 1 aromatic carbocycles. The van der Waals surface area contributed by atoms with Crippen molar-refractivity contribution in [3.63, 3.8) is 0 Å². The summed E-state index contributed by atoms with van der Waals surface area (Å²) in [5.74, 6) is -0.410. The van der Waals surface area contributed by atoms with E-state index in [9.17, 15) is 4.79 Å². The average molecular weight is 392 g/mol. The highest BCUT2D eigenvalue weighted by Crippen LogP contribution is 2.27. The van der Waals surface area contributed by atoms with Gasteiger partial charge >= 0.3 is 13.1 Å². The molecule has 3 heterocycles. The summed E-state index contributed by atoms with van der Waals surface area (Å²) in [4.78, 5) is 12.2. The lowest BCUT2D eigenvalue weighted by Crippen LogP contribution is -2.34. The fourth-order valence-electron chi connectivity index (χ4n) is 3.45. The molecular formula is C22H25BN2O4. The number of esters is 1. The molecule has 1 atom stereocenters. The van der Waals surface area contributed by atoms with Crippen molar-refractivity contribution in [2.75, 3.05) is 6.61 Å². The van der Waals surface area contributed by atoms with Crippen LogP contribution in [0.25, 0.3) is 5.52 Å². The van der Waals surface area contributed by atoms with Crippen LogP contribution in [0.4, 0.5) is 0 Å². The molecule has 1 aliphatic rings. The number of carbonyl (C=O) groups excluding carboxylic acids is 1. The Morgan fingerprint density at radius 3 is 2.69 bits per heavy atom. The standard InChI is InChI=1S/C22H25BN2O4/c1-5-27-21(26)19-14-17(20-7-6-12-25(20)24-19)13-16-8-10-18(11-9-16)23-28-15(2)22(3,4)29-23/h6-12,14-15H,5,13H2,1-4H3/t15-/m0/s1. The van der Waals surface area contributed by atoms with Gasteiger partial charge in [-0.15, -0.1) is 0 Å². The number of ether oxygens (including phenoxy) is 1. The van der Waals surface area contributed by atoms with Crippen LogP contribution in [0.3, 0.4) is 0 Å². The first-order valence-corrected chi connectivity index (χ1v) is 9.94. The van der Waals surface area contributed by atoms with Crippen molar-refractivity contribution in [1.82, 2.24) is 9.61 Å². The van der Waals surface area contributed by atoms with Crippen LogP contribution in [-0.4, -0.2) is 41.0 Å². The van der Waals surface area contributed by atoms with Crippen LogP contribution in [0.2, 0.25) is 0 Å². The maximum absolute atomic E-state index is 12.2. The van der Waals surface area contributed by atoms with Crippen LogP contribution in [-0.2, 0) is 20.5 Å². The van der Waals surface area contributed by atoms with Crippen LogP contribution < -0.4 is 5.46 Å². The molecule has 1 aliphatic heterocycles. The predicted molar refractivity (Wildman–Crippen MR) is 111 cm³/mol. The molecule has 4 rings (SSSR count). The Labute approximate surface area is 170 Å². The first kappa shape index (κ1) is 19.7. The molecule has 0 N–H and O–H groups in total. The van der Waals surface area contributed by atoms with Crippen molar-refractivity contribution in [3.8, 4) is 0 Å². The van der Waals surface area contributed by atoms with Crippen LogP contribution in [0.1, 0.15) is 49.3 Å². The van der Waals surface area contributed by atoms with Gasteiger partial charge in [-0.1, -0.05) is 24.3 Å². The second-order valence-corrected chi connectivity index (χ2v) is 7.86. The Hall–Kier alpha value is -2.64. The van der Waals surface area contributed by atoms with E-state index in [1.54, 1.807) is 11.4 Å². The van der Waals surface area contributed by atoms with Gasteiger partial charge < -0.3 is 14.0 Å². The van der Waals surface area contributed by atoms with E-state index in [-0.39, 0.29) is 18.8 Å². The fraction of sp³-hybridized carbons (Fsp3) is 0.364. The van der Waals surface area contributed by atoms with E-state index in [0.717, 1.165) is 22.1 Å². The number of hydrogen-bond donors (Lipinski definition) is 0. The van der Waals surface area contributed by atoms with Crippen molar-refractivity contribution in [3.05, 3.63) is 65.5 Å². The van der Waals surface area contributed by atoms with Gasteiger partial charge in [-0.05, 0) is 68.9 Å². The molecule has 0 unspecified atom stereocenters. The molecule has 7 heteroatoms. The molecule has 2 aromatic heterocycles. The minimum atomic E-state index is -0.410. The zero-order valence-electron chi connectivity index (χ0n) is 17.2. The van der Waals surface area contributed by atoms with Gasteiger partial charge in [0.05, 0.1) is 23.8 Å². The topological polar surface area (TPSA) is 62.1 Å². The number of aromatic nitrogens is 2. The molecular weight excluding hydrogens is 367 g/mol. The van der Waals surface area contributed by atoms with E-state index in [0.29, 0.717) is 18.7 Å². The Morgan fingerprint density at radius 2 is 2.03 bits per heavy atom. The van der Waals surface area contributed by atoms with Gasteiger partial charge in [0.1, 0.15) is 0 Å². The molecule has 0 aliphatic carbocycles. The second kappa shape index (κ2) is 7.65. The maximum Gasteiger partial charge on any atom is 0.494 e. The Kier molecular flexibility index (Phi) is 5.19. The molecule has 29 heavy (non-hydrogen) atoms. The molecule has 1 fully saturated rings. The van der Waals surface area contributed by atoms with Gasteiger partial charge in [-0.3, -0.25) is 0 Å². The summed E-state index contributed by atoms with van der Waals surface area (Å²) in [7, 11) is -0.345. The van der Waals surface area contributed by atoms with Gasteiger partial charge in [0, 0.05) is 6.20 Å². The van der Waals surface area contributed by atoms with Crippen LogP contribution in [0.15, 0.2) is 48.7 Å². The third kappa shape index (κ3) is 3.93. The van der Waals surface area contributed by atoms with E-state index < -0.39 is 5.97 Å². The Bertz CT molecular complexity index is 1030. The zero-order chi connectivity index (χ0) is 20.6. The number of rotatable bonds is 5. The van der Waals surface area contributed by atoms with Crippen LogP contribution in [0.5, 0.6) is 0 Å². The van der Waals surface area contributed by atoms with Gasteiger partial charge in [0.2, 0.25) is 0 Å². The Balaban J connectivity index is 1.57. The lowest BCUT2D eigenvalue weighted by atomic mass is 9.78. The second-order valence-electron chi connectivity index (χ2n) is 7.86. The predicted octanol–water partition coefficient (Wildman–Crippen LogP) is 3.01. The average Bonchev–Trinajstić information content (AvgIpc) is 3.27. The summed E-state index contributed by atoms with van der Waals surface area (Å²) in [6.45, 7) is 8.22. The first-order valence-electron chi connectivity index (χ1n) is 9.94. The van der Waals surface area contributed by atoms with E-state index >= 15 is 0 Å². The largest absolute Gasteiger partial charge is 0.494 e. The smallest absolute Gasteiger partial charge is 0.461 e. The van der Waals surface area contributed by atoms with E-state index in [2.05, 4.69) is 17.2 Å². The van der Waals surface area contributed by atoms with E-state index in [4.69, 9.17) is 14.0 Å². The summed E-state index contributed by atoms with van der Waals surface area (Å²) in [5.41, 5.74) is 4.13. The molecule has 1 saturated heterocycles. The van der Waals surface area contributed by atoms with E-state index in [1.807, 2.05) is 57.3 Å². The van der Waals surface area contributed by atoms with Crippen molar-refractivity contribution in [1.29, 1.82) is 0 Å². The normalized spacial score (nSPS) is 18.3. The monoisotopic (exact) mass is 392 g/mol. The lowest BCUT2D eigenvalue weighted by molar-refractivity contribution is 0.0517. The first-order chi connectivity index (χ1) is 13.9. The minimum absolute atomic E-state index is 0.0351. The van der Waals surface area contributed by atoms with Gasteiger partial charge in [-0.25, -0.2) is 9.31 Å². The summed E-state index contributed by atoms with van der Waals surface area (Å²) < 4.78 is 18.8. The molecule has 0 saturated carbocycles. The maximum atomic E-state index is 12.2. The molecule has 0 bridgehead atoms. The quantitative estimate of drug-likeness (QED) is 0.494. The van der Waals surface area contributed by atoms with Crippen molar-refractivity contribution < 1.29 is 18.8 Å². The lowest BCUT2D eigenvalue weighted by Gasteiger charge is -2.21. The molecule has 150 valence electrons. The Morgan fingerprint density at radius 1 is 1.28 bits per heavy atom. The number of fused-ring (bicyclic) bond motifs is 1. The summed E-state index contributed by atoms with van der Waals surface area (Å²) in [6.07, 6.45) is 2.55. The summed E-state index contributed by atoms with van der Waals surface area (Å²) in [5, 5.41) is 4.35. The number of benzene rings is 1. The highest BCUT2D eigenvalue weighted by molar-refractivity contribution is 6.62. The molecule has 3 aromatic rings. The minimum Gasteiger partial charge on any atom is -0.461 e.